The second-order valence-corrected chi connectivity index (χ2v) is 8.82. The van der Waals surface area contributed by atoms with E-state index in [4.69, 9.17) is 0 Å². The molecule has 1 atom stereocenters. The third-order valence-corrected chi connectivity index (χ3v) is 6.73. The summed E-state index contributed by atoms with van der Waals surface area (Å²) in [5.41, 5.74) is 1.19. The molecule has 2 aromatic heterocycles. The number of nitrogens with one attached hydrogen (secondary N) is 1. The molecule has 2 aliphatic rings. The number of carbonyl (C=O) groups excluding carboxylic acids is 1. The number of fused-ring (bicyclic) bond motifs is 1. The van der Waals surface area contributed by atoms with Crippen molar-refractivity contribution in [2.24, 2.45) is 5.92 Å². The number of anilines is 2. The van der Waals surface area contributed by atoms with Crippen molar-refractivity contribution in [3.63, 3.8) is 0 Å². The monoisotopic (exact) mass is 377 g/mol. The molecule has 25 heavy (non-hydrogen) atoms. The SMILES string of the molecule is C[C@H]1CCc2nc(NC(=O)CN3CCN(c4nccs4)CC3)sc2C1. The van der Waals surface area contributed by atoms with E-state index in [0.717, 1.165) is 55.2 Å². The predicted octanol–water partition coefficient (Wildman–Crippen LogP) is 2.49. The van der Waals surface area contributed by atoms with Crippen molar-refractivity contribution < 1.29 is 4.79 Å². The summed E-state index contributed by atoms with van der Waals surface area (Å²) < 4.78 is 0. The molecule has 0 spiro atoms. The Morgan fingerprint density at radius 3 is 2.96 bits per heavy atom. The van der Waals surface area contributed by atoms with E-state index in [1.54, 1.807) is 22.7 Å². The van der Waals surface area contributed by atoms with Crippen molar-refractivity contribution >= 4 is 38.8 Å². The van der Waals surface area contributed by atoms with Crippen molar-refractivity contribution in [3.8, 4) is 0 Å². The maximum atomic E-state index is 12.4. The second kappa shape index (κ2) is 7.39. The van der Waals surface area contributed by atoms with E-state index < -0.39 is 0 Å². The first kappa shape index (κ1) is 16.9. The summed E-state index contributed by atoms with van der Waals surface area (Å²) >= 11 is 3.32. The van der Waals surface area contributed by atoms with Gasteiger partial charge in [0.1, 0.15) is 0 Å². The molecule has 0 saturated carbocycles. The first-order valence-electron chi connectivity index (χ1n) is 8.82. The number of aryl methyl sites for hydroxylation is 1. The van der Waals surface area contributed by atoms with Crippen LogP contribution in [-0.2, 0) is 17.6 Å². The zero-order chi connectivity index (χ0) is 17.2. The van der Waals surface area contributed by atoms with E-state index in [0.29, 0.717) is 6.54 Å². The van der Waals surface area contributed by atoms with Crippen LogP contribution >= 0.6 is 22.7 Å². The third-order valence-electron chi connectivity index (χ3n) is 4.86. The molecule has 1 amide bonds. The van der Waals surface area contributed by atoms with Gasteiger partial charge in [-0.2, -0.15) is 0 Å². The van der Waals surface area contributed by atoms with E-state index >= 15 is 0 Å². The Hall–Kier alpha value is -1.51. The first-order chi connectivity index (χ1) is 12.2. The molecule has 1 fully saturated rings. The Bertz CT molecular complexity index is 721. The summed E-state index contributed by atoms with van der Waals surface area (Å²) in [7, 11) is 0. The summed E-state index contributed by atoms with van der Waals surface area (Å²) in [6, 6.07) is 0. The molecule has 2 aromatic rings. The summed E-state index contributed by atoms with van der Waals surface area (Å²) in [6.45, 7) is 6.34. The number of carbonyl (C=O) groups is 1. The number of rotatable bonds is 4. The Kier molecular flexibility index (Phi) is 5.00. The van der Waals surface area contributed by atoms with Crippen LogP contribution in [0.1, 0.15) is 23.9 Å². The van der Waals surface area contributed by atoms with Gasteiger partial charge in [0.05, 0.1) is 12.2 Å². The minimum Gasteiger partial charge on any atom is -0.346 e. The van der Waals surface area contributed by atoms with Crippen LogP contribution in [0.4, 0.5) is 10.3 Å². The van der Waals surface area contributed by atoms with Crippen LogP contribution in [0.2, 0.25) is 0 Å². The van der Waals surface area contributed by atoms with Gasteiger partial charge in [-0.3, -0.25) is 9.69 Å². The van der Waals surface area contributed by atoms with Crippen LogP contribution < -0.4 is 10.2 Å². The fourth-order valence-electron chi connectivity index (χ4n) is 3.42. The van der Waals surface area contributed by atoms with Gasteiger partial charge in [0, 0.05) is 42.6 Å². The molecule has 134 valence electrons. The Labute approximate surface area is 155 Å². The highest BCUT2D eigenvalue weighted by Crippen LogP contribution is 2.32. The van der Waals surface area contributed by atoms with Gasteiger partial charge in [-0.25, -0.2) is 9.97 Å². The molecular formula is C17H23N5OS2. The molecule has 1 N–H and O–H groups in total. The maximum absolute atomic E-state index is 12.4. The second-order valence-electron chi connectivity index (χ2n) is 6.86. The van der Waals surface area contributed by atoms with Gasteiger partial charge in [0.15, 0.2) is 10.3 Å². The molecule has 1 aliphatic heterocycles. The number of thiazole rings is 2. The van der Waals surface area contributed by atoms with Crippen LogP contribution in [0.15, 0.2) is 11.6 Å². The topological polar surface area (TPSA) is 61.4 Å². The Morgan fingerprint density at radius 1 is 1.36 bits per heavy atom. The summed E-state index contributed by atoms with van der Waals surface area (Å²) in [6.07, 6.45) is 5.19. The van der Waals surface area contributed by atoms with E-state index in [9.17, 15) is 4.79 Å². The predicted molar refractivity (Wildman–Crippen MR) is 103 cm³/mol. The molecule has 6 nitrogen and oxygen atoms in total. The van der Waals surface area contributed by atoms with Gasteiger partial charge in [0.25, 0.3) is 0 Å². The molecular weight excluding hydrogens is 354 g/mol. The van der Waals surface area contributed by atoms with E-state index in [1.807, 2.05) is 11.6 Å². The first-order valence-corrected chi connectivity index (χ1v) is 10.5. The minimum atomic E-state index is 0.0434. The lowest BCUT2D eigenvalue weighted by Gasteiger charge is -2.33. The zero-order valence-corrected chi connectivity index (χ0v) is 16.0. The summed E-state index contributed by atoms with van der Waals surface area (Å²) in [4.78, 5) is 27.2. The third kappa shape index (κ3) is 4.02. The molecule has 4 rings (SSSR count). The van der Waals surface area contributed by atoms with Crippen LogP contribution in [0.3, 0.4) is 0 Å². The number of piperazine rings is 1. The molecule has 0 radical (unpaired) electrons. The van der Waals surface area contributed by atoms with Crippen molar-refractivity contribution in [2.75, 3.05) is 42.9 Å². The highest BCUT2D eigenvalue weighted by atomic mass is 32.1. The molecule has 8 heteroatoms. The normalized spacial score (nSPS) is 21.2. The number of nitrogens with zero attached hydrogens (tertiary/aromatic N) is 4. The standard InChI is InChI=1S/C17H23N5OS2/c1-12-2-3-13-14(10-12)25-16(19-13)20-15(23)11-21-5-7-22(8-6-21)17-18-4-9-24-17/h4,9,12H,2-3,5-8,10-11H2,1H3,(H,19,20,23)/t12-/m0/s1. The number of hydrogen-bond donors (Lipinski definition) is 1. The highest BCUT2D eigenvalue weighted by Gasteiger charge is 2.23. The van der Waals surface area contributed by atoms with Crippen molar-refractivity contribution in [1.29, 1.82) is 0 Å². The van der Waals surface area contributed by atoms with Crippen LogP contribution in [0, 0.1) is 5.92 Å². The van der Waals surface area contributed by atoms with Gasteiger partial charge < -0.3 is 10.2 Å². The largest absolute Gasteiger partial charge is 0.346 e. The molecule has 0 unspecified atom stereocenters. The lowest BCUT2D eigenvalue weighted by Crippen LogP contribution is -2.48. The van der Waals surface area contributed by atoms with Crippen LogP contribution in [0.25, 0.3) is 0 Å². The van der Waals surface area contributed by atoms with Crippen molar-refractivity contribution in [2.45, 2.75) is 26.2 Å². The number of hydrogen-bond acceptors (Lipinski definition) is 7. The molecule has 0 bridgehead atoms. The minimum absolute atomic E-state index is 0.0434. The van der Waals surface area contributed by atoms with Gasteiger partial charge in [-0.1, -0.05) is 6.92 Å². The zero-order valence-electron chi connectivity index (χ0n) is 14.4. The average molecular weight is 378 g/mol. The molecule has 1 saturated heterocycles. The lowest BCUT2D eigenvalue weighted by molar-refractivity contribution is -0.117. The van der Waals surface area contributed by atoms with Crippen LogP contribution in [-0.4, -0.2) is 53.5 Å². The quantitative estimate of drug-likeness (QED) is 0.887. The van der Waals surface area contributed by atoms with E-state index in [2.05, 4.69) is 32.0 Å². The summed E-state index contributed by atoms with van der Waals surface area (Å²) in [5.74, 6) is 0.771. The van der Waals surface area contributed by atoms with E-state index in [-0.39, 0.29) is 5.91 Å². The Morgan fingerprint density at radius 2 is 2.20 bits per heavy atom. The van der Waals surface area contributed by atoms with Gasteiger partial charge in [-0.15, -0.1) is 22.7 Å². The van der Waals surface area contributed by atoms with Gasteiger partial charge >= 0.3 is 0 Å². The number of aromatic nitrogens is 2. The highest BCUT2D eigenvalue weighted by molar-refractivity contribution is 7.15. The fraction of sp³-hybridized carbons (Fsp3) is 0.588. The lowest BCUT2D eigenvalue weighted by atomic mass is 9.93. The van der Waals surface area contributed by atoms with E-state index in [1.165, 1.54) is 17.0 Å². The van der Waals surface area contributed by atoms with Crippen LogP contribution in [0.5, 0.6) is 0 Å². The Balaban J connectivity index is 1.27. The fourth-order valence-corrected chi connectivity index (χ4v) is 5.31. The molecule has 3 heterocycles. The van der Waals surface area contributed by atoms with Gasteiger partial charge in [-0.05, 0) is 25.2 Å². The summed E-state index contributed by atoms with van der Waals surface area (Å²) in [5, 5.41) is 6.85. The van der Waals surface area contributed by atoms with Gasteiger partial charge in [0.2, 0.25) is 5.91 Å². The van der Waals surface area contributed by atoms with Crippen molar-refractivity contribution in [3.05, 3.63) is 22.1 Å². The maximum Gasteiger partial charge on any atom is 0.240 e. The smallest absolute Gasteiger partial charge is 0.240 e. The van der Waals surface area contributed by atoms with Crippen molar-refractivity contribution in [1.82, 2.24) is 14.9 Å². The molecule has 0 aromatic carbocycles. The molecule has 1 aliphatic carbocycles. The number of amides is 1. The average Bonchev–Trinajstić information content (AvgIpc) is 3.24.